The lowest BCUT2D eigenvalue weighted by molar-refractivity contribution is 0.733. The van der Waals surface area contributed by atoms with Gasteiger partial charge in [-0.05, 0) is 44.2 Å². The van der Waals surface area contributed by atoms with Crippen LogP contribution in [0, 0.1) is 20.8 Å². The molecule has 0 N–H and O–H groups in total. The number of thiophene rings is 1. The standard InChI is InChI=1S/C21H24N4S/c1-6-12(2)16-7-9-17(10-8-16)20-19-13(3)14(4)26-21(19)25-15(5)23-24-18(25)11-22-20/h7-10,12H,6,11H2,1-5H3. The zero-order chi connectivity index (χ0) is 18.4. The summed E-state index contributed by atoms with van der Waals surface area (Å²) in [5.41, 5.74) is 6.16. The highest BCUT2D eigenvalue weighted by Crippen LogP contribution is 2.36. The number of aryl methyl sites for hydroxylation is 2. The summed E-state index contributed by atoms with van der Waals surface area (Å²) in [4.78, 5) is 6.28. The molecule has 1 unspecified atom stereocenters. The lowest BCUT2D eigenvalue weighted by Gasteiger charge is -2.12. The average Bonchev–Trinajstić information content (AvgIpc) is 3.09. The van der Waals surface area contributed by atoms with Crippen molar-refractivity contribution in [3.05, 3.63) is 63.0 Å². The number of fused-ring (bicyclic) bond motifs is 3. The molecule has 1 aliphatic heterocycles. The van der Waals surface area contributed by atoms with Gasteiger partial charge in [-0.25, -0.2) is 0 Å². The first-order valence-corrected chi connectivity index (χ1v) is 9.99. The second-order valence-corrected chi connectivity index (χ2v) is 8.26. The summed E-state index contributed by atoms with van der Waals surface area (Å²) in [5, 5.41) is 9.80. The summed E-state index contributed by atoms with van der Waals surface area (Å²) in [6.07, 6.45) is 1.15. The van der Waals surface area contributed by atoms with Crippen LogP contribution in [0.3, 0.4) is 0 Å². The smallest absolute Gasteiger partial charge is 0.160 e. The molecule has 4 nitrogen and oxygen atoms in total. The Balaban J connectivity index is 1.87. The molecule has 5 heteroatoms. The molecule has 0 radical (unpaired) electrons. The molecule has 4 rings (SSSR count). The van der Waals surface area contributed by atoms with Crippen LogP contribution >= 0.6 is 11.3 Å². The van der Waals surface area contributed by atoms with Crippen molar-refractivity contribution in [3.8, 4) is 5.00 Å². The third kappa shape index (κ3) is 2.62. The van der Waals surface area contributed by atoms with Crippen molar-refractivity contribution < 1.29 is 0 Å². The highest BCUT2D eigenvalue weighted by Gasteiger charge is 2.26. The minimum Gasteiger partial charge on any atom is -0.276 e. The number of rotatable bonds is 3. The molecule has 0 saturated carbocycles. The van der Waals surface area contributed by atoms with Crippen LogP contribution < -0.4 is 0 Å². The molecule has 0 spiro atoms. The fourth-order valence-electron chi connectivity index (χ4n) is 3.49. The van der Waals surface area contributed by atoms with Crippen LogP contribution in [0.4, 0.5) is 0 Å². The number of hydrogen-bond donors (Lipinski definition) is 0. The van der Waals surface area contributed by atoms with E-state index in [1.807, 2.05) is 6.92 Å². The zero-order valence-electron chi connectivity index (χ0n) is 16.0. The second kappa shape index (κ2) is 6.47. The van der Waals surface area contributed by atoms with Gasteiger partial charge in [0.1, 0.15) is 17.4 Å². The van der Waals surface area contributed by atoms with E-state index in [0.29, 0.717) is 12.5 Å². The maximum atomic E-state index is 4.96. The van der Waals surface area contributed by atoms with Gasteiger partial charge in [0.05, 0.1) is 5.71 Å². The van der Waals surface area contributed by atoms with Crippen LogP contribution in [0.15, 0.2) is 29.3 Å². The Bertz CT molecular complexity index is 992. The second-order valence-electron chi connectivity index (χ2n) is 7.06. The van der Waals surface area contributed by atoms with Crippen LogP contribution in [0.2, 0.25) is 0 Å². The van der Waals surface area contributed by atoms with Crippen LogP contribution in [-0.2, 0) is 6.54 Å². The van der Waals surface area contributed by atoms with E-state index in [4.69, 9.17) is 4.99 Å². The van der Waals surface area contributed by atoms with E-state index in [2.05, 4.69) is 66.7 Å². The molecule has 0 fully saturated rings. The van der Waals surface area contributed by atoms with Crippen molar-refractivity contribution in [1.29, 1.82) is 0 Å². The first kappa shape index (κ1) is 17.2. The van der Waals surface area contributed by atoms with Gasteiger partial charge < -0.3 is 0 Å². The van der Waals surface area contributed by atoms with Crippen LogP contribution in [0.1, 0.15) is 65.0 Å². The Morgan fingerprint density at radius 1 is 1.12 bits per heavy atom. The van der Waals surface area contributed by atoms with Gasteiger partial charge >= 0.3 is 0 Å². The molecule has 0 aliphatic carbocycles. The van der Waals surface area contributed by atoms with E-state index in [1.54, 1.807) is 11.3 Å². The molecule has 26 heavy (non-hydrogen) atoms. The predicted molar refractivity (Wildman–Crippen MR) is 108 cm³/mol. The topological polar surface area (TPSA) is 43.1 Å². The van der Waals surface area contributed by atoms with Crippen molar-refractivity contribution in [1.82, 2.24) is 14.8 Å². The molecule has 0 amide bonds. The maximum Gasteiger partial charge on any atom is 0.160 e. The maximum absolute atomic E-state index is 4.96. The number of hydrogen-bond acceptors (Lipinski definition) is 4. The Hall–Kier alpha value is -2.27. The van der Waals surface area contributed by atoms with E-state index < -0.39 is 0 Å². The van der Waals surface area contributed by atoms with E-state index in [9.17, 15) is 0 Å². The quantitative estimate of drug-likeness (QED) is 0.647. The van der Waals surface area contributed by atoms with Gasteiger partial charge in [-0.15, -0.1) is 21.5 Å². The fraction of sp³-hybridized carbons (Fsp3) is 0.381. The van der Waals surface area contributed by atoms with E-state index >= 15 is 0 Å². The molecule has 3 heterocycles. The van der Waals surface area contributed by atoms with Gasteiger partial charge in [0.2, 0.25) is 0 Å². The molecule has 3 aromatic rings. The van der Waals surface area contributed by atoms with Gasteiger partial charge in [-0.1, -0.05) is 38.1 Å². The SMILES string of the molecule is CCC(C)c1ccc(C2=NCc3nnc(C)n3-c3sc(C)c(C)c32)cc1. The van der Waals surface area contributed by atoms with Crippen molar-refractivity contribution in [2.45, 2.75) is 53.5 Å². The van der Waals surface area contributed by atoms with E-state index in [0.717, 1.165) is 23.8 Å². The van der Waals surface area contributed by atoms with E-state index in [1.165, 1.54) is 32.1 Å². The Morgan fingerprint density at radius 2 is 1.85 bits per heavy atom. The largest absolute Gasteiger partial charge is 0.276 e. The minimum absolute atomic E-state index is 0.559. The van der Waals surface area contributed by atoms with Gasteiger partial charge in [0.25, 0.3) is 0 Å². The molecule has 1 atom stereocenters. The first-order valence-electron chi connectivity index (χ1n) is 9.17. The Labute approximate surface area is 158 Å². The van der Waals surface area contributed by atoms with Gasteiger partial charge in [0, 0.05) is 16.0 Å². The molecule has 0 saturated heterocycles. The normalized spacial score (nSPS) is 14.4. The Morgan fingerprint density at radius 3 is 2.54 bits per heavy atom. The lowest BCUT2D eigenvalue weighted by Crippen LogP contribution is -2.07. The summed E-state index contributed by atoms with van der Waals surface area (Å²) in [7, 11) is 0. The Kier molecular flexibility index (Phi) is 4.27. The average molecular weight is 365 g/mol. The molecule has 1 aromatic carbocycles. The first-order chi connectivity index (χ1) is 12.5. The zero-order valence-corrected chi connectivity index (χ0v) is 16.8. The fourth-order valence-corrected chi connectivity index (χ4v) is 4.71. The molecule has 134 valence electrons. The summed E-state index contributed by atoms with van der Waals surface area (Å²) in [6.45, 7) is 11.4. The molecule has 2 aromatic heterocycles. The molecular weight excluding hydrogens is 340 g/mol. The van der Waals surface area contributed by atoms with Gasteiger partial charge in [-0.2, -0.15) is 0 Å². The third-order valence-electron chi connectivity index (χ3n) is 5.44. The van der Waals surface area contributed by atoms with Crippen molar-refractivity contribution in [3.63, 3.8) is 0 Å². The summed E-state index contributed by atoms with van der Waals surface area (Å²) in [6, 6.07) is 8.93. The molecular formula is C21H24N4S. The van der Waals surface area contributed by atoms with E-state index in [-0.39, 0.29) is 0 Å². The number of aromatic nitrogens is 3. The number of nitrogens with zero attached hydrogens (tertiary/aromatic N) is 4. The summed E-state index contributed by atoms with van der Waals surface area (Å²) >= 11 is 1.80. The molecule has 0 bridgehead atoms. The van der Waals surface area contributed by atoms with Gasteiger partial charge in [-0.3, -0.25) is 9.56 Å². The summed E-state index contributed by atoms with van der Waals surface area (Å²) in [5.74, 6) is 2.42. The van der Waals surface area contributed by atoms with Crippen LogP contribution in [-0.4, -0.2) is 20.5 Å². The lowest BCUT2D eigenvalue weighted by atomic mass is 9.94. The van der Waals surface area contributed by atoms with Crippen LogP contribution in [0.5, 0.6) is 0 Å². The van der Waals surface area contributed by atoms with Crippen molar-refractivity contribution >= 4 is 17.0 Å². The monoisotopic (exact) mass is 364 g/mol. The van der Waals surface area contributed by atoms with Crippen molar-refractivity contribution in [2.75, 3.05) is 0 Å². The third-order valence-corrected chi connectivity index (χ3v) is 6.64. The van der Waals surface area contributed by atoms with Gasteiger partial charge in [0.15, 0.2) is 5.82 Å². The highest BCUT2D eigenvalue weighted by atomic mass is 32.1. The number of benzene rings is 1. The van der Waals surface area contributed by atoms with Crippen molar-refractivity contribution in [2.24, 2.45) is 4.99 Å². The number of aliphatic imine (C=N–C) groups is 1. The predicted octanol–water partition coefficient (Wildman–Crippen LogP) is 5.12. The molecule has 1 aliphatic rings. The van der Waals surface area contributed by atoms with Crippen LogP contribution in [0.25, 0.3) is 5.00 Å². The summed E-state index contributed by atoms with van der Waals surface area (Å²) < 4.78 is 2.17. The minimum atomic E-state index is 0.559. The highest BCUT2D eigenvalue weighted by molar-refractivity contribution is 7.15.